The first-order chi connectivity index (χ1) is 17.4. The number of ether oxygens (including phenoxy) is 2. The summed E-state index contributed by atoms with van der Waals surface area (Å²) in [4.78, 5) is 17.7. The van der Waals surface area contributed by atoms with Crippen molar-refractivity contribution in [2.45, 2.75) is 20.5 Å². The van der Waals surface area contributed by atoms with Crippen LogP contribution in [0.5, 0.6) is 5.75 Å². The zero-order chi connectivity index (χ0) is 25.7. The fourth-order valence-corrected chi connectivity index (χ4v) is 6.21. The summed E-state index contributed by atoms with van der Waals surface area (Å²) >= 11 is 7.09. The predicted octanol–water partition coefficient (Wildman–Crippen LogP) is 8.13. The molecule has 36 heavy (non-hydrogen) atoms. The van der Waals surface area contributed by atoms with E-state index in [9.17, 15) is 9.90 Å². The lowest BCUT2D eigenvalue weighted by Crippen LogP contribution is -2.12. The summed E-state index contributed by atoms with van der Waals surface area (Å²) in [6.07, 6.45) is 1.82. The number of carbonyl (C=O) groups is 1. The van der Waals surface area contributed by atoms with Crippen molar-refractivity contribution in [3.8, 4) is 5.75 Å². The second-order valence-electron chi connectivity index (χ2n) is 7.90. The fourth-order valence-electron chi connectivity index (χ4n) is 3.40. The molecule has 0 spiro atoms. The fraction of sp³-hybridized carbons (Fsp3) is 0.143. The van der Waals surface area contributed by atoms with Crippen molar-refractivity contribution in [2.24, 2.45) is 4.99 Å². The van der Waals surface area contributed by atoms with Gasteiger partial charge in [0.05, 0.1) is 25.2 Å². The third-order valence-corrected chi connectivity index (χ3v) is 7.59. The van der Waals surface area contributed by atoms with Gasteiger partial charge in [-0.1, -0.05) is 59.8 Å². The summed E-state index contributed by atoms with van der Waals surface area (Å²) < 4.78 is 13.0. The maximum atomic E-state index is 12.6. The Hall–Kier alpha value is -2.56. The number of esters is 1. The standard InChI is InChI=1S/C28H23BrINO4S/c1-3-34-28(33)24-25(32)23(36-27(24)31-20-7-5-4-6-8-20)15-19-13-21(29)26(22(30)14-19)35-16-18-11-9-17(2)10-12-18/h4-15,32H,3,16H2,1-2H3/b23-15-,31-27?. The minimum absolute atomic E-state index is 0.0729. The number of hydrogen-bond donors (Lipinski definition) is 1. The predicted molar refractivity (Wildman–Crippen MR) is 158 cm³/mol. The van der Waals surface area contributed by atoms with Crippen molar-refractivity contribution in [2.75, 3.05) is 6.61 Å². The van der Waals surface area contributed by atoms with E-state index in [0.717, 1.165) is 24.9 Å². The lowest BCUT2D eigenvalue weighted by molar-refractivity contribution is -0.138. The first-order valence-corrected chi connectivity index (χ1v) is 13.9. The minimum atomic E-state index is -0.601. The number of hydrogen-bond acceptors (Lipinski definition) is 6. The van der Waals surface area contributed by atoms with E-state index in [1.165, 1.54) is 17.3 Å². The van der Waals surface area contributed by atoms with Crippen molar-refractivity contribution in [3.63, 3.8) is 0 Å². The van der Waals surface area contributed by atoms with Crippen molar-refractivity contribution in [3.05, 3.63) is 108 Å². The molecule has 4 rings (SSSR count). The third-order valence-electron chi connectivity index (χ3n) is 5.18. The van der Waals surface area contributed by atoms with Gasteiger partial charge in [0.25, 0.3) is 0 Å². The average molecular weight is 676 g/mol. The van der Waals surface area contributed by atoms with Crippen LogP contribution in [0.4, 0.5) is 5.69 Å². The number of aliphatic imine (C=N–C) groups is 1. The summed E-state index contributed by atoms with van der Waals surface area (Å²) in [5.41, 5.74) is 3.89. The molecule has 1 N–H and O–H groups in total. The van der Waals surface area contributed by atoms with Crippen LogP contribution in [0.25, 0.3) is 6.08 Å². The Morgan fingerprint density at radius 2 is 1.86 bits per heavy atom. The van der Waals surface area contributed by atoms with Gasteiger partial charge in [0.15, 0.2) is 0 Å². The van der Waals surface area contributed by atoms with E-state index in [1.54, 1.807) is 6.92 Å². The van der Waals surface area contributed by atoms with Crippen LogP contribution in [0.1, 0.15) is 23.6 Å². The Bertz CT molecular complexity index is 1350. The Morgan fingerprint density at radius 1 is 1.14 bits per heavy atom. The molecular formula is C28H23BrINO4S. The van der Waals surface area contributed by atoms with E-state index in [1.807, 2.05) is 48.5 Å². The van der Waals surface area contributed by atoms with E-state index >= 15 is 0 Å². The van der Waals surface area contributed by atoms with Gasteiger partial charge in [0.1, 0.15) is 28.7 Å². The summed E-state index contributed by atoms with van der Waals surface area (Å²) in [5, 5.41) is 11.3. The number of aliphatic hydroxyl groups excluding tert-OH is 1. The molecule has 3 aromatic carbocycles. The van der Waals surface area contributed by atoms with Gasteiger partial charge in [-0.25, -0.2) is 9.79 Å². The van der Waals surface area contributed by atoms with E-state index in [2.05, 4.69) is 74.7 Å². The van der Waals surface area contributed by atoms with Crippen LogP contribution >= 0.6 is 50.3 Å². The highest BCUT2D eigenvalue weighted by molar-refractivity contribution is 14.1. The average Bonchev–Trinajstić information content (AvgIpc) is 3.14. The Kier molecular flexibility index (Phi) is 8.92. The molecule has 8 heteroatoms. The number of aliphatic hydroxyl groups is 1. The van der Waals surface area contributed by atoms with Crippen molar-refractivity contribution in [1.29, 1.82) is 0 Å². The molecule has 0 amide bonds. The van der Waals surface area contributed by atoms with Gasteiger partial charge in [-0.15, -0.1) is 0 Å². The maximum absolute atomic E-state index is 12.6. The van der Waals surface area contributed by atoms with Gasteiger partial charge < -0.3 is 14.6 Å². The van der Waals surface area contributed by atoms with E-state index in [-0.39, 0.29) is 17.9 Å². The molecule has 0 radical (unpaired) electrons. The molecule has 1 heterocycles. The van der Waals surface area contributed by atoms with Gasteiger partial charge in [0.2, 0.25) is 0 Å². The number of benzene rings is 3. The number of para-hydroxylation sites is 1. The monoisotopic (exact) mass is 675 g/mol. The highest BCUT2D eigenvalue weighted by Crippen LogP contribution is 2.41. The summed E-state index contributed by atoms with van der Waals surface area (Å²) in [7, 11) is 0. The van der Waals surface area contributed by atoms with Gasteiger partial charge in [-0.05, 0) is 93.8 Å². The second kappa shape index (κ2) is 12.1. The van der Waals surface area contributed by atoms with E-state index < -0.39 is 5.97 Å². The Labute approximate surface area is 236 Å². The molecule has 0 saturated carbocycles. The third kappa shape index (κ3) is 6.41. The zero-order valence-electron chi connectivity index (χ0n) is 19.6. The highest BCUT2D eigenvalue weighted by atomic mass is 127. The zero-order valence-corrected chi connectivity index (χ0v) is 24.2. The molecule has 1 aliphatic heterocycles. The first kappa shape index (κ1) is 26.5. The molecule has 0 atom stereocenters. The highest BCUT2D eigenvalue weighted by Gasteiger charge is 2.33. The van der Waals surface area contributed by atoms with Crippen LogP contribution in [-0.2, 0) is 16.1 Å². The van der Waals surface area contributed by atoms with Crippen LogP contribution in [0.2, 0.25) is 0 Å². The van der Waals surface area contributed by atoms with Crippen LogP contribution < -0.4 is 4.74 Å². The summed E-state index contributed by atoms with van der Waals surface area (Å²) in [5.74, 6) is 0.00543. The number of thioether (sulfide) groups is 1. The van der Waals surface area contributed by atoms with Crippen molar-refractivity contribution in [1.82, 2.24) is 0 Å². The maximum Gasteiger partial charge on any atom is 0.344 e. The Morgan fingerprint density at radius 3 is 2.53 bits per heavy atom. The number of carbonyl (C=O) groups excluding carboxylic acids is 1. The molecule has 0 aromatic heterocycles. The second-order valence-corrected chi connectivity index (χ2v) is 10.9. The minimum Gasteiger partial charge on any atom is -0.506 e. The molecule has 0 bridgehead atoms. The van der Waals surface area contributed by atoms with Crippen LogP contribution in [0, 0.1) is 10.5 Å². The van der Waals surface area contributed by atoms with Crippen LogP contribution in [-0.4, -0.2) is 22.7 Å². The molecule has 0 fully saturated rings. The molecule has 5 nitrogen and oxygen atoms in total. The normalized spacial score (nSPS) is 15.6. The lowest BCUT2D eigenvalue weighted by Gasteiger charge is -2.12. The van der Waals surface area contributed by atoms with Gasteiger partial charge >= 0.3 is 5.97 Å². The number of rotatable bonds is 7. The van der Waals surface area contributed by atoms with Gasteiger partial charge in [0, 0.05) is 0 Å². The van der Waals surface area contributed by atoms with Crippen LogP contribution in [0.3, 0.4) is 0 Å². The molecule has 0 unspecified atom stereocenters. The number of halogens is 2. The molecule has 3 aromatic rings. The van der Waals surface area contributed by atoms with Gasteiger partial charge in [-0.2, -0.15) is 0 Å². The largest absolute Gasteiger partial charge is 0.506 e. The van der Waals surface area contributed by atoms with E-state index in [4.69, 9.17) is 9.47 Å². The summed E-state index contributed by atoms with van der Waals surface area (Å²) in [6, 6.07) is 21.4. The molecular weight excluding hydrogens is 653 g/mol. The molecule has 0 aliphatic carbocycles. The lowest BCUT2D eigenvalue weighted by atomic mass is 10.1. The van der Waals surface area contributed by atoms with Crippen molar-refractivity contribution >= 4 is 73.1 Å². The topological polar surface area (TPSA) is 68.1 Å². The van der Waals surface area contributed by atoms with Gasteiger partial charge in [-0.3, -0.25) is 0 Å². The number of aryl methyl sites for hydroxylation is 1. The summed E-state index contributed by atoms with van der Waals surface area (Å²) in [6.45, 7) is 4.44. The SMILES string of the molecule is CCOC(=O)C1=C(O)/C(=C/c2cc(Br)c(OCc3ccc(C)cc3)c(I)c2)SC1=Nc1ccccc1. The molecule has 1 aliphatic rings. The van der Waals surface area contributed by atoms with E-state index in [0.29, 0.717) is 22.2 Å². The molecule has 0 saturated heterocycles. The first-order valence-electron chi connectivity index (χ1n) is 11.2. The quantitative estimate of drug-likeness (QED) is 0.202. The van der Waals surface area contributed by atoms with Crippen LogP contribution in [0.15, 0.2) is 92.4 Å². The Balaban J connectivity index is 1.62. The van der Waals surface area contributed by atoms with Crippen molar-refractivity contribution < 1.29 is 19.4 Å². The smallest absolute Gasteiger partial charge is 0.344 e. The molecule has 184 valence electrons. The number of nitrogens with zero attached hydrogens (tertiary/aromatic N) is 1.